The molecule has 0 aliphatic heterocycles. The second-order valence-electron chi connectivity index (χ2n) is 2.57. The minimum Gasteiger partial charge on any atom is -0.457 e. The Labute approximate surface area is 119 Å². The van der Waals surface area contributed by atoms with Crippen LogP contribution in [-0.4, -0.2) is 32.2 Å². The van der Waals surface area contributed by atoms with Gasteiger partial charge in [0.05, 0.1) is 6.11 Å². The van der Waals surface area contributed by atoms with E-state index < -0.39 is 12.0 Å². The summed E-state index contributed by atoms with van der Waals surface area (Å²) in [6.45, 7) is 4.68. The molecule has 15 heavy (non-hydrogen) atoms. The van der Waals surface area contributed by atoms with Gasteiger partial charge in [0, 0.05) is 20.6 Å². The van der Waals surface area contributed by atoms with Gasteiger partial charge in [0.25, 0.3) is 9.83 Å². The van der Waals surface area contributed by atoms with Crippen molar-refractivity contribution >= 4 is 66.7 Å². The highest BCUT2D eigenvalue weighted by molar-refractivity contribution is 14.1. The standard InChI is InChI=1S/C6H12BBrClIO3Si2/c1-4-6-13-15(11-3,12-5-2)7-14(8,9)10/h7H,5H2,1-3H3. The van der Waals surface area contributed by atoms with E-state index in [1.54, 1.807) is 14.0 Å². The molecule has 0 saturated heterocycles. The minimum absolute atomic E-state index is 0.524. The van der Waals surface area contributed by atoms with Crippen molar-refractivity contribution in [1.29, 1.82) is 0 Å². The fourth-order valence-corrected chi connectivity index (χ4v) is 13.8. The zero-order valence-electron chi connectivity index (χ0n) is 8.77. The van der Waals surface area contributed by atoms with E-state index in [-0.39, 0.29) is 0 Å². The molecule has 0 amide bonds. The van der Waals surface area contributed by atoms with Crippen LogP contribution in [0.25, 0.3) is 0 Å². The van der Waals surface area contributed by atoms with Crippen molar-refractivity contribution in [2.45, 2.75) is 13.8 Å². The highest BCUT2D eigenvalue weighted by Gasteiger charge is 2.51. The summed E-state index contributed by atoms with van der Waals surface area (Å²) in [6, 6.07) is 0. The van der Waals surface area contributed by atoms with Gasteiger partial charge in [0.2, 0.25) is 0 Å². The molecule has 0 heterocycles. The third-order valence-electron chi connectivity index (χ3n) is 1.40. The number of hydrogen-bond donors (Lipinski definition) is 0. The molecule has 0 aliphatic carbocycles. The lowest BCUT2D eigenvalue weighted by Gasteiger charge is -2.26. The Balaban J connectivity index is 4.69. The van der Waals surface area contributed by atoms with Crippen molar-refractivity contribution in [3.63, 3.8) is 0 Å². The lowest BCUT2D eigenvalue weighted by molar-refractivity contribution is 0.150. The van der Waals surface area contributed by atoms with Gasteiger partial charge in [-0.2, -0.15) is 0 Å². The molecule has 0 aromatic heterocycles. The molecule has 0 saturated carbocycles. The third-order valence-corrected chi connectivity index (χ3v) is 13.7. The van der Waals surface area contributed by atoms with Crippen molar-refractivity contribution in [3.05, 3.63) is 0 Å². The molecule has 0 bridgehead atoms. The predicted octanol–water partition coefficient (Wildman–Crippen LogP) is 2.04. The van der Waals surface area contributed by atoms with Gasteiger partial charge in [-0.05, 0) is 6.92 Å². The van der Waals surface area contributed by atoms with E-state index in [0.29, 0.717) is 13.1 Å². The topological polar surface area (TPSA) is 27.7 Å². The van der Waals surface area contributed by atoms with Crippen LogP contribution in [0.1, 0.15) is 13.8 Å². The summed E-state index contributed by atoms with van der Waals surface area (Å²) in [6.07, 6.45) is 2.55. The van der Waals surface area contributed by atoms with Crippen LogP contribution in [0.15, 0.2) is 0 Å². The first-order valence-corrected chi connectivity index (χ1v) is 14.8. The highest BCUT2D eigenvalue weighted by Crippen LogP contribution is 2.27. The first kappa shape index (κ1) is 16.3. The molecule has 0 radical (unpaired) electrons. The van der Waals surface area contributed by atoms with E-state index in [1.807, 2.05) is 6.92 Å². The summed E-state index contributed by atoms with van der Waals surface area (Å²) in [5.74, 6) is 2.66. The fraction of sp³-hybridized carbons (Fsp3) is 0.667. The second kappa shape index (κ2) is 7.58. The van der Waals surface area contributed by atoms with Gasteiger partial charge in [-0.1, -0.05) is 27.7 Å². The third kappa shape index (κ3) is 7.25. The monoisotopic (exact) mass is 440 g/mol. The Morgan fingerprint density at radius 3 is 2.53 bits per heavy atom. The van der Waals surface area contributed by atoms with E-state index >= 15 is 0 Å². The molecule has 0 fully saturated rings. The van der Waals surface area contributed by atoms with Crippen LogP contribution in [0.2, 0.25) is 0 Å². The van der Waals surface area contributed by atoms with Gasteiger partial charge in [-0.3, -0.25) is 0 Å². The average Bonchev–Trinajstić information content (AvgIpc) is 2.12. The van der Waals surface area contributed by atoms with Crippen LogP contribution < -0.4 is 0 Å². The summed E-state index contributed by atoms with van der Waals surface area (Å²) in [5, 5.41) is 0. The lowest BCUT2D eigenvalue weighted by atomic mass is 10.7. The number of hydrogen-bond acceptors (Lipinski definition) is 3. The molecule has 3 nitrogen and oxygen atoms in total. The molecular formula is C6H12BBrClIO3Si2. The van der Waals surface area contributed by atoms with E-state index in [0.717, 1.165) is 0 Å². The maximum Gasteiger partial charge on any atom is 0.512 e. The van der Waals surface area contributed by atoms with Crippen LogP contribution in [0.5, 0.6) is 0 Å². The van der Waals surface area contributed by atoms with E-state index in [4.69, 9.17) is 24.4 Å². The van der Waals surface area contributed by atoms with Crippen LogP contribution in [-0.2, 0) is 13.3 Å². The summed E-state index contributed by atoms with van der Waals surface area (Å²) >= 11 is 11.8. The predicted molar refractivity (Wildman–Crippen MR) is 80.6 cm³/mol. The van der Waals surface area contributed by atoms with Crippen molar-refractivity contribution in [2.24, 2.45) is 0 Å². The molecular weight excluding hydrogens is 429 g/mol. The largest absolute Gasteiger partial charge is 0.512 e. The summed E-state index contributed by atoms with van der Waals surface area (Å²) in [5.41, 5.74) is 0. The maximum absolute atomic E-state index is 6.20. The van der Waals surface area contributed by atoms with Crippen LogP contribution in [0.4, 0.5) is 0 Å². The minimum atomic E-state index is -2.72. The van der Waals surface area contributed by atoms with Gasteiger partial charge in [0.15, 0.2) is 0 Å². The van der Waals surface area contributed by atoms with E-state index in [2.05, 4.69) is 49.1 Å². The lowest BCUT2D eigenvalue weighted by Crippen LogP contribution is -2.56. The van der Waals surface area contributed by atoms with Crippen molar-refractivity contribution in [2.75, 3.05) is 13.7 Å². The van der Waals surface area contributed by atoms with Crippen molar-refractivity contribution in [3.8, 4) is 12.0 Å². The molecule has 9 heteroatoms. The zero-order valence-corrected chi connectivity index (χ0v) is 15.3. The zero-order chi connectivity index (χ0) is 11.9. The Morgan fingerprint density at radius 2 is 2.20 bits per heavy atom. The molecule has 0 aromatic carbocycles. The number of rotatable bonds is 6. The Hall–Kier alpha value is 1.28. The highest BCUT2D eigenvalue weighted by atomic mass is 127. The Morgan fingerprint density at radius 1 is 1.60 bits per heavy atom. The molecule has 0 spiro atoms. The normalized spacial score (nSPS) is 18.0. The SMILES string of the molecule is CC#CO[Si](B[Si](Cl)(Br)I)(OC)OCC. The second-order valence-corrected chi connectivity index (χ2v) is 26.7. The molecule has 2 atom stereocenters. The van der Waals surface area contributed by atoms with Gasteiger partial charge in [-0.25, -0.2) is 0 Å². The van der Waals surface area contributed by atoms with Gasteiger partial charge >= 0.3 is 8.67 Å². The van der Waals surface area contributed by atoms with Gasteiger partial charge in [-0.15, -0.1) is 26.4 Å². The smallest absolute Gasteiger partial charge is 0.457 e. The molecule has 0 N–H and O–H groups in total. The summed E-state index contributed by atoms with van der Waals surface area (Å²) in [7, 11) is -1.15. The quantitative estimate of drug-likeness (QED) is 0.273. The van der Waals surface area contributed by atoms with Crippen LogP contribution in [0.3, 0.4) is 0 Å². The molecule has 2 unspecified atom stereocenters. The average molecular weight is 441 g/mol. The molecule has 0 rings (SSSR count). The molecule has 0 aliphatic rings. The van der Waals surface area contributed by atoms with Crippen molar-refractivity contribution in [1.82, 2.24) is 0 Å². The Kier molecular flexibility index (Phi) is 8.22. The molecule has 86 valence electrons. The number of halogens is 3. The van der Waals surface area contributed by atoms with E-state index in [1.165, 1.54) is 0 Å². The van der Waals surface area contributed by atoms with Gasteiger partial charge < -0.3 is 13.3 Å². The van der Waals surface area contributed by atoms with Gasteiger partial charge in [0.1, 0.15) is 0 Å². The molecule has 0 aromatic rings. The first-order chi connectivity index (χ1) is 6.89. The van der Waals surface area contributed by atoms with Crippen LogP contribution >= 0.6 is 48.2 Å². The van der Waals surface area contributed by atoms with E-state index in [9.17, 15) is 0 Å². The summed E-state index contributed by atoms with van der Waals surface area (Å²) < 4.78 is 14.3. The maximum atomic E-state index is 6.20. The fourth-order valence-electron chi connectivity index (χ4n) is 0.884. The Bertz CT molecular complexity index is 257. The first-order valence-electron chi connectivity index (χ1n) is 4.24. The van der Waals surface area contributed by atoms with Crippen LogP contribution in [0, 0.1) is 12.0 Å². The van der Waals surface area contributed by atoms with Crippen molar-refractivity contribution < 1.29 is 13.3 Å². The summed E-state index contributed by atoms with van der Waals surface area (Å²) in [4.78, 5) is 0.